The van der Waals surface area contributed by atoms with Gasteiger partial charge in [-0.3, -0.25) is 0 Å². The molecule has 0 aromatic heterocycles. The second kappa shape index (κ2) is 14.7. The number of sulfone groups is 3. The molecule has 0 spiro atoms. The predicted octanol–water partition coefficient (Wildman–Crippen LogP) is 5.61. The molecule has 0 heterocycles. The molecular weight excluding hydrogens is 504 g/mol. The first kappa shape index (κ1) is 32.9. The number of rotatable bonds is 9. The Labute approximate surface area is 217 Å². The summed E-state index contributed by atoms with van der Waals surface area (Å²) in [5.41, 5.74) is 0. The SMILES string of the molecule is CC(C)S(=O)(=O)CC1CC1.CC(C)S(=O)(=O)CC1CCCC1.CC(C)S(=O)(=O)CC1CCCCC1. The van der Waals surface area contributed by atoms with Gasteiger partial charge >= 0.3 is 0 Å². The van der Waals surface area contributed by atoms with Gasteiger partial charge in [-0.1, -0.05) is 32.1 Å². The zero-order valence-electron chi connectivity index (χ0n) is 23.0. The average molecular weight is 557 g/mol. The first-order chi connectivity index (χ1) is 16.1. The number of hydrogen-bond donors (Lipinski definition) is 0. The Morgan fingerprint density at radius 1 is 0.429 bits per heavy atom. The van der Waals surface area contributed by atoms with Crippen LogP contribution in [0.4, 0.5) is 0 Å². The highest BCUT2D eigenvalue weighted by molar-refractivity contribution is 7.92. The van der Waals surface area contributed by atoms with E-state index in [1.165, 1.54) is 32.1 Å². The van der Waals surface area contributed by atoms with Gasteiger partial charge in [0.05, 0.1) is 33.0 Å². The van der Waals surface area contributed by atoms with Gasteiger partial charge in [0, 0.05) is 0 Å². The van der Waals surface area contributed by atoms with E-state index >= 15 is 0 Å². The highest BCUT2D eigenvalue weighted by Gasteiger charge is 2.29. The van der Waals surface area contributed by atoms with Gasteiger partial charge in [-0.15, -0.1) is 0 Å². The molecule has 210 valence electrons. The largest absolute Gasteiger partial charge is 0.229 e. The van der Waals surface area contributed by atoms with Crippen molar-refractivity contribution in [3.8, 4) is 0 Å². The average Bonchev–Trinajstić information content (AvgIpc) is 3.40. The van der Waals surface area contributed by atoms with Crippen molar-refractivity contribution in [1.29, 1.82) is 0 Å². The van der Waals surface area contributed by atoms with Gasteiger partial charge in [0.25, 0.3) is 0 Å². The second-order valence-electron chi connectivity index (χ2n) is 11.7. The van der Waals surface area contributed by atoms with Crippen molar-refractivity contribution >= 4 is 29.5 Å². The van der Waals surface area contributed by atoms with Gasteiger partial charge in [-0.05, 0) is 97.8 Å². The molecule has 35 heavy (non-hydrogen) atoms. The normalized spacial score (nSPS) is 20.5. The van der Waals surface area contributed by atoms with Gasteiger partial charge < -0.3 is 0 Å². The van der Waals surface area contributed by atoms with E-state index in [2.05, 4.69) is 0 Å². The molecule has 0 aromatic rings. The summed E-state index contributed by atoms with van der Waals surface area (Å²) in [6, 6.07) is 0. The van der Waals surface area contributed by atoms with E-state index in [1.54, 1.807) is 41.5 Å². The van der Waals surface area contributed by atoms with E-state index in [0.717, 1.165) is 38.5 Å². The van der Waals surface area contributed by atoms with Crippen molar-refractivity contribution in [2.24, 2.45) is 17.8 Å². The van der Waals surface area contributed by atoms with Crippen LogP contribution >= 0.6 is 0 Å². The van der Waals surface area contributed by atoms with Crippen LogP contribution in [-0.4, -0.2) is 58.3 Å². The molecule has 3 rings (SSSR count). The molecule has 3 aliphatic rings. The first-order valence-electron chi connectivity index (χ1n) is 13.7. The molecule has 0 aromatic carbocycles. The van der Waals surface area contributed by atoms with Crippen LogP contribution in [0.3, 0.4) is 0 Å². The maximum absolute atomic E-state index is 11.6. The van der Waals surface area contributed by atoms with E-state index in [0.29, 0.717) is 35.0 Å². The van der Waals surface area contributed by atoms with Crippen molar-refractivity contribution in [1.82, 2.24) is 0 Å². The lowest BCUT2D eigenvalue weighted by molar-refractivity contribution is 0.384. The minimum Gasteiger partial charge on any atom is -0.229 e. The van der Waals surface area contributed by atoms with E-state index in [4.69, 9.17) is 0 Å². The molecule has 0 radical (unpaired) electrons. The Balaban J connectivity index is 0.000000265. The summed E-state index contributed by atoms with van der Waals surface area (Å²) in [5.74, 6) is 2.66. The maximum Gasteiger partial charge on any atom is 0.152 e. The fourth-order valence-electron chi connectivity index (χ4n) is 4.38. The summed E-state index contributed by atoms with van der Waals surface area (Å²) in [6.45, 7) is 10.6. The van der Waals surface area contributed by atoms with E-state index in [-0.39, 0.29) is 15.7 Å². The molecule has 6 nitrogen and oxygen atoms in total. The maximum atomic E-state index is 11.6. The Morgan fingerprint density at radius 3 is 0.886 bits per heavy atom. The van der Waals surface area contributed by atoms with Crippen LogP contribution in [0, 0.1) is 17.8 Å². The topological polar surface area (TPSA) is 102 Å². The summed E-state index contributed by atoms with van der Waals surface area (Å²) in [4.78, 5) is 0. The van der Waals surface area contributed by atoms with Crippen LogP contribution in [0.5, 0.6) is 0 Å². The fourth-order valence-corrected chi connectivity index (χ4v) is 8.50. The summed E-state index contributed by atoms with van der Waals surface area (Å²) in [6.07, 6.45) is 12.9. The van der Waals surface area contributed by atoms with Gasteiger partial charge in [-0.25, -0.2) is 25.3 Å². The quantitative estimate of drug-likeness (QED) is 0.366. The van der Waals surface area contributed by atoms with Crippen LogP contribution in [0.15, 0.2) is 0 Å². The molecule has 0 unspecified atom stereocenters. The van der Waals surface area contributed by atoms with Crippen LogP contribution in [0.2, 0.25) is 0 Å². The Bertz CT molecular complexity index is 902. The van der Waals surface area contributed by atoms with Gasteiger partial charge in [-0.2, -0.15) is 0 Å². The van der Waals surface area contributed by atoms with Gasteiger partial charge in [0.2, 0.25) is 0 Å². The van der Waals surface area contributed by atoms with E-state index in [9.17, 15) is 25.3 Å². The Hall–Kier alpha value is -0.150. The summed E-state index contributed by atoms with van der Waals surface area (Å²) in [5, 5.41) is -0.583. The first-order valence-corrected chi connectivity index (χ1v) is 18.9. The van der Waals surface area contributed by atoms with Crippen LogP contribution in [0.1, 0.15) is 112 Å². The second-order valence-corrected chi connectivity index (χ2v) is 19.5. The fraction of sp³-hybridized carbons (Fsp3) is 1.00. The lowest BCUT2D eigenvalue weighted by atomic mass is 9.91. The minimum atomic E-state index is -2.80. The molecule has 3 aliphatic carbocycles. The molecule has 0 amide bonds. The van der Waals surface area contributed by atoms with Crippen molar-refractivity contribution < 1.29 is 25.3 Å². The molecule has 9 heteroatoms. The van der Waals surface area contributed by atoms with Crippen LogP contribution in [0.25, 0.3) is 0 Å². The predicted molar refractivity (Wildman–Crippen MR) is 148 cm³/mol. The van der Waals surface area contributed by atoms with Crippen molar-refractivity contribution in [2.75, 3.05) is 17.3 Å². The molecule has 0 N–H and O–H groups in total. The molecule has 0 bridgehead atoms. The number of hydrogen-bond acceptors (Lipinski definition) is 6. The van der Waals surface area contributed by atoms with Crippen molar-refractivity contribution in [3.63, 3.8) is 0 Å². The molecule has 0 aliphatic heterocycles. The molecule has 3 saturated carbocycles. The summed E-state index contributed by atoms with van der Waals surface area (Å²) >= 11 is 0. The monoisotopic (exact) mass is 556 g/mol. The van der Waals surface area contributed by atoms with Gasteiger partial charge in [0.15, 0.2) is 29.5 Å². The summed E-state index contributed by atoms with van der Waals surface area (Å²) in [7, 11) is -8.31. The third-order valence-electron chi connectivity index (χ3n) is 7.46. The molecular formula is C26H52O6S3. The highest BCUT2D eigenvalue weighted by atomic mass is 32.2. The van der Waals surface area contributed by atoms with Crippen molar-refractivity contribution in [3.05, 3.63) is 0 Å². The van der Waals surface area contributed by atoms with Crippen molar-refractivity contribution in [2.45, 2.75) is 128 Å². The highest BCUT2D eigenvalue weighted by Crippen LogP contribution is 2.31. The Morgan fingerprint density at radius 2 is 0.657 bits per heavy atom. The zero-order chi connectivity index (χ0) is 26.9. The standard InChI is InChI=1S/C10H20O2S.C9H18O2S.C7H14O2S/c1-9(2)13(11,12)8-10-6-4-3-5-7-10;1-8(2)12(10,11)7-9-5-3-4-6-9;1-6(2)10(8,9)5-7-3-4-7/h9-10H,3-8H2,1-2H3;8-9H,3-7H2,1-2H3;6-7H,3-5H2,1-2H3. The molecule has 0 saturated heterocycles. The smallest absolute Gasteiger partial charge is 0.152 e. The lowest BCUT2D eigenvalue weighted by Crippen LogP contribution is -2.24. The van der Waals surface area contributed by atoms with Crippen LogP contribution < -0.4 is 0 Å². The zero-order valence-corrected chi connectivity index (χ0v) is 25.5. The third kappa shape index (κ3) is 13.3. The third-order valence-corrected chi connectivity index (χ3v) is 14.6. The van der Waals surface area contributed by atoms with Crippen LogP contribution in [-0.2, 0) is 29.5 Å². The summed E-state index contributed by atoms with van der Waals surface area (Å²) < 4.78 is 68.5. The lowest BCUT2D eigenvalue weighted by Gasteiger charge is -2.22. The molecule has 3 fully saturated rings. The minimum absolute atomic E-state index is 0.187. The van der Waals surface area contributed by atoms with E-state index < -0.39 is 29.5 Å². The molecule has 0 atom stereocenters. The van der Waals surface area contributed by atoms with E-state index in [1.807, 2.05) is 0 Å². The van der Waals surface area contributed by atoms with Gasteiger partial charge in [0.1, 0.15) is 0 Å². The Kier molecular flexibility index (Phi) is 13.8.